The minimum atomic E-state index is -0.0675. The molecule has 0 saturated carbocycles. The molecule has 0 aromatic carbocycles. The molecule has 1 rings (SSSR count). The highest BCUT2D eigenvalue weighted by molar-refractivity contribution is 5.76. The van der Waals surface area contributed by atoms with Crippen LogP contribution in [0.5, 0.6) is 0 Å². The maximum absolute atomic E-state index is 11.3. The highest BCUT2D eigenvalue weighted by Crippen LogP contribution is 2.19. The molecule has 1 saturated heterocycles. The molecule has 0 bridgehead atoms. The van der Waals surface area contributed by atoms with Gasteiger partial charge >= 0.3 is 0 Å². The predicted molar refractivity (Wildman–Crippen MR) is 74.8 cm³/mol. The van der Waals surface area contributed by atoms with Crippen LogP contribution in [0, 0.1) is 0 Å². The van der Waals surface area contributed by atoms with Gasteiger partial charge in [-0.25, -0.2) is 0 Å². The molecule has 106 valence electrons. The average molecular weight is 255 g/mol. The van der Waals surface area contributed by atoms with E-state index in [9.17, 15) is 4.79 Å². The van der Waals surface area contributed by atoms with Crippen molar-refractivity contribution in [3.05, 3.63) is 0 Å². The second-order valence-corrected chi connectivity index (χ2v) is 6.41. The lowest BCUT2D eigenvalue weighted by atomic mass is 10.0. The first-order valence-corrected chi connectivity index (χ1v) is 7.26. The van der Waals surface area contributed by atoms with Crippen LogP contribution in [0.15, 0.2) is 0 Å². The molecule has 1 fully saturated rings. The third kappa shape index (κ3) is 6.50. The lowest BCUT2D eigenvalue weighted by Crippen LogP contribution is -2.39. The molecule has 1 unspecified atom stereocenters. The van der Waals surface area contributed by atoms with Crippen molar-refractivity contribution in [2.45, 2.75) is 71.4 Å². The number of carbonyl (C=O) groups excluding carboxylic acids is 1. The first-order valence-electron chi connectivity index (χ1n) is 7.26. The summed E-state index contributed by atoms with van der Waals surface area (Å²) in [5.74, 6) is 0.309. The van der Waals surface area contributed by atoms with E-state index in [-0.39, 0.29) is 5.60 Å². The first kappa shape index (κ1) is 15.6. The van der Waals surface area contributed by atoms with Crippen LogP contribution in [0.3, 0.4) is 0 Å². The van der Waals surface area contributed by atoms with Gasteiger partial charge in [0.25, 0.3) is 0 Å². The van der Waals surface area contributed by atoms with Gasteiger partial charge in [-0.3, -0.25) is 9.69 Å². The summed E-state index contributed by atoms with van der Waals surface area (Å²) < 4.78 is 5.80. The van der Waals surface area contributed by atoms with Crippen LogP contribution in [0.1, 0.15) is 59.8 Å². The average Bonchev–Trinajstić information content (AvgIpc) is 2.42. The van der Waals surface area contributed by atoms with Crippen molar-refractivity contribution >= 4 is 5.78 Å². The molecule has 0 aromatic rings. The number of nitrogens with zero attached hydrogens (tertiary/aromatic N) is 1. The normalized spacial score (nSPS) is 22.8. The van der Waals surface area contributed by atoms with E-state index < -0.39 is 0 Å². The van der Waals surface area contributed by atoms with E-state index in [2.05, 4.69) is 25.7 Å². The SMILES string of the molecule is CC(=O)CC1CCCCCN1CCOC(C)(C)C. The number of rotatable bonds is 5. The first-order chi connectivity index (χ1) is 8.38. The summed E-state index contributed by atoms with van der Waals surface area (Å²) in [5, 5.41) is 0. The fraction of sp³-hybridized carbons (Fsp3) is 0.933. The van der Waals surface area contributed by atoms with E-state index in [4.69, 9.17) is 4.74 Å². The zero-order chi connectivity index (χ0) is 13.6. The van der Waals surface area contributed by atoms with Gasteiger partial charge in [-0.2, -0.15) is 0 Å². The minimum absolute atomic E-state index is 0.0675. The Morgan fingerprint density at radius 3 is 2.61 bits per heavy atom. The molecule has 1 aliphatic rings. The Labute approximate surface area is 112 Å². The van der Waals surface area contributed by atoms with Gasteiger partial charge in [-0.1, -0.05) is 12.8 Å². The fourth-order valence-electron chi connectivity index (χ4n) is 2.56. The van der Waals surface area contributed by atoms with Crippen molar-refractivity contribution < 1.29 is 9.53 Å². The van der Waals surface area contributed by atoms with Gasteiger partial charge in [-0.15, -0.1) is 0 Å². The number of likely N-dealkylation sites (tertiary alicyclic amines) is 1. The number of ether oxygens (including phenoxy) is 1. The monoisotopic (exact) mass is 255 g/mol. The van der Waals surface area contributed by atoms with Gasteiger partial charge in [0.1, 0.15) is 5.78 Å². The fourth-order valence-corrected chi connectivity index (χ4v) is 2.56. The Morgan fingerprint density at radius 2 is 2.00 bits per heavy atom. The maximum atomic E-state index is 11.3. The number of carbonyl (C=O) groups is 1. The predicted octanol–water partition coefficient (Wildman–Crippen LogP) is 3.03. The van der Waals surface area contributed by atoms with Gasteiger partial charge in [-0.05, 0) is 47.1 Å². The number of hydrogen-bond donors (Lipinski definition) is 0. The minimum Gasteiger partial charge on any atom is -0.375 e. The third-order valence-corrected chi connectivity index (χ3v) is 3.44. The van der Waals surface area contributed by atoms with Crippen molar-refractivity contribution in [2.75, 3.05) is 19.7 Å². The Balaban J connectivity index is 2.43. The van der Waals surface area contributed by atoms with Gasteiger partial charge in [0, 0.05) is 19.0 Å². The number of hydrogen-bond acceptors (Lipinski definition) is 3. The lowest BCUT2D eigenvalue weighted by Gasteiger charge is -2.30. The molecule has 1 heterocycles. The molecule has 1 aliphatic heterocycles. The Morgan fingerprint density at radius 1 is 1.28 bits per heavy atom. The highest BCUT2D eigenvalue weighted by Gasteiger charge is 2.22. The number of Topliss-reactive ketones (excluding diaryl/α,β-unsaturated/α-hetero) is 1. The molecule has 18 heavy (non-hydrogen) atoms. The van der Waals surface area contributed by atoms with E-state index in [1.165, 1.54) is 19.3 Å². The molecule has 0 spiro atoms. The van der Waals surface area contributed by atoms with Crippen LogP contribution in [0.25, 0.3) is 0 Å². The van der Waals surface area contributed by atoms with Crippen molar-refractivity contribution in [3.63, 3.8) is 0 Å². The molecule has 0 radical (unpaired) electrons. The quantitative estimate of drug-likeness (QED) is 0.756. The van der Waals surface area contributed by atoms with Crippen LogP contribution in [-0.4, -0.2) is 42.0 Å². The summed E-state index contributed by atoms with van der Waals surface area (Å²) in [6, 6.07) is 0.438. The standard InChI is InChI=1S/C15H29NO2/c1-13(17)12-14-8-6-5-7-9-16(14)10-11-18-15(2,3)4/h14H,5-12H2,1-4H3. The van der Waals surface area contributed by atoms with E-state index in [0.29, 0.717) is 18.2 Å². The van der Waals surface area contributed by atoms with Crippen LogP contribution in [-0.2, 0) is 9.53 Å². The molecule has 3 heteroatoms. The molecule has 0 N–H and O–H groups in total. The Bertz CT molecular complexity index is 258. The largest absolute Gasteiger partial charge is 0.375 e. The summed E-state index contributed by atoms with van der Waals surface area (Å²) >= 11 is 0. The summed E-state index contributed by atoms with van der Waals surface area (Å²) in [4.78, 5) is 13.8. The van der Waals surface area contributed by atoms with Crippen molar-refractivity contribution in [1.82, 2.24) is 4.90 Å². The van der Waals surface area contributed by atoms with E-state index >= 15 is 0 Å². The topological polar surface area (TPSA) is 29.5 Å². The third-order valence-electron chi connectivity index (χ3n) is 3.44. The molecule has 0 aliphatic carbocycles. The Kier molecular flexibility index (Phi) is 6.30. The van der Waals surface area contributed by atoms with Gasteiger partial charge in [0.15, 0.2) is 0 Å². The summed E-state index contributed by atoms with van der Waals surface area (Å²) in [5.41, 5.74) is -0.0675. The lowest BCUT2D eigenvalue weighted by molar-refractivity contribution is -0.118. The summed E-state index contributed by atoms with van der Waals surface area (Å²) in [6.45, 7) is 10.8. The van der Waals surface area contributed by atoms with Crippen LogP contribution in [0.2, 0.25) is 0 Å². The van der Waals surface area contributed by atoms with Crippen LogP contribution >= 0.6 is 0 Å². The zero-order valence-corrected chi connectivity index (χ0v) is 12.5. The molecular formula is C15H29NO2. The Hall–Kier alpha value is -0.410. The van der Waals surface area contributed by atoms with Gasteiger partial charge in [0.2, 0.25) is 0 Å². The second-order valence-electron chi connectivity index (χ2n) is 6.41. The van der Waals surface area contributed by atoms with Gasteiger partial charge < -0.3 is 4.74 Å². The van der Waals surface area contributed by atoms with Crippen molar-refractivity contribution in [3.8, 4) is 0 Å². The number of ketones is 1. The smallest absolute Gasteiger partial charge is 0.131 e. The van der Waals surface area contributed by atoms with Crippen LogP contribution in [0.4, 0.5) is 0 Å². The van der Waals surface area contributed by atoms with E-state index in [0.717, 1.165) is 26.1 Å². The zero-order valence-electron chi connectivity index (χ0n) is 12.5. The van der Waals surface area contributed by atoms with Crippen molar-refractivity contribution in [1.29, 1.82) is 0 Å². The van der Waals surface area contributed by atoms with Crippen molar-refractivity contribution in [2.24, 2.45) is 0 Å². The second kappa shape index (κ2) is 7.25. The maximum Gasteiger partial charge on any atom is 0.131 e. The molecule has 0 aromatic heterocycles. The molecule has 0 amide bonds. The molecule has 3 nitrogen and oxygen atoms in total. The van der Waals surface area contributed by atoms with E-state index in [1.807, 2.05) is 0 Å². The van der Waals surface area contributed by atoms with Crippen LogP contribution < -0.4 is 0 Å². The van der Waals surface area contributed by atoms with E-state index in [1.54, 1.807) is 6.92 Å². The highest BCUT2D eigenvalue weighted by atomic mass is 16.5. The molecular weight excluding hydrogens is 226 g/mol. The summed E-state index contributed by atoms with van der Waals surface area (Å²) in [7, 11) is 0. The molecule has 1 atom stereocenters. The summed E-state index contributed by atoms with van der Waals surface area (Å²) in [6.07, 6.45) is 5.67. The van der Waals surface area contributed by atoms with Gasteiger partial charge in [0.05, 0.1) is 12.2 Å².